The highest BCUT2D eigenvalue weighted by atomic mass is 16.5. The zero-order valence-electron chi connectivity index (χ0n) is 13.2. The third-order valence-electron chi connectivity index (χ3n) is 4.21. The Labute approximate surface area is 134 Å². The molecule has 23 heavy (non-hydrogen) atoms. The number of hydrogen-bond acceptors (Lipinski definition) is 5. The van der Waals surface area contributed by atoms with Gasteiger partial charge < -0.3 is 9.14 Å². The van der Waals surface area contributed by atoms with Crippen molar-refractivity contribution in [1.29, 1.82) is 0 Å². The maximum atomic E-state index is 5.84. The number of aryl methyl sites for hydroxylation is 1. The molecule has 0 aromatic carbocycles. The number of rotatable bonds is 4. The second-order valence-corrected chi connectivity index (χ2v) is 5.97. The highest BCUT2D eigenvalue weighted by Gasteiger charge is 2.22. The number of fused-ring (bicyclic) bond motifs is 1. The molecule has 1 aliphatic heterocycles. The van der Waals surface area contributed by atoms with E-state index in [1.54, 1.807) is 12.7 Å². The van der Waals surface area contributed by atoms with E-state index in [4.69, 9.17) is 9.72 Å². The Balaban J connectivity index is 1.44. The average molecular weight is 312 g/mol. The maximum Gasteiger partial charge on any atom is 0.137 e. The first-order valence-electron chi connectivity index (χ1n) is 7.88. The summed E-state index contributed by atoms with van der Waals surface area (Å²) >= 11 is 0. The number of imidazole rings is 1. The van der Waals surface area contributed by atoms with Crippen LogP contribution >= 0.6 is 0 Å². The van der Waals surface area contributed by atoms with Crippen LogP contribution in [0.15, 0.2) is 37.1 Å². The van der Waals surface area contributed by atoms with Crippen LogP contribution in [-0.4, -0.2) is 54.8 Å². The fraction of sp³-hybridized carbons (Fsp3) is 0.438. The molecule has 1 saturated heterocycles. The van der Waals surface area contributed by atoms with Crippen molar-refractivity contribution in [3.63, 3.8) is 0 Å². The fourth-order valence-electron chi connectivity index (χ4n) is 3.07. The van der Waals surface area contributed by atoms with Crippen LogP contribution in [0.5, 0.6) is 0 Å². The van der Waals surface area contributed by atoms with Gasteiger partial charge in [0.25, 0.3) is 0 Å². The number of morpholine rings is 1. The van der Waals surface area contributed by atoms with Gasteiger partial charge in [-0.1, -0.05) is 6.07 Å². The normalized spacial score (nSPS) is 19.4. The summed E-state index contributed by atoms with van der Waals surface area (Å²) in [6.45, 7) is 6.24. The molecular formula is C16H20N6O. The van der Waals surface area contributed by atoms with Crippen LogP contribution in [0.25, 0.3) is 5.65 Å². The third kappa shape index (κ3) is 3.11. The summed E-state index contributed by atoms with van der Waals surface area (Å²) in [6, 6.07) is 6.19. The topological polar surface area (TPSA) is 60.5 Å². The molecule has 0 unspecified atom stereocenters. The van der Waals surface area contributed by atoms with Crippen molar-refractivity contribution in [2.24, 2.45) is 0 Å². The molecule has 3 aromatic heterocycles. The van der Waals surface area contributed by atoms with Crippen LogP contribution in [0.4, 0.5) is 0 Å². The molecule has 1 atom stereocenters. The Hall–Kier alpha value is -2.25. The van der Waals surface area contributed by atoms with Crippen LogP contribution in [0.3, 0.4) is 0 Å². The monoisotopic (exact) mass is 312 g/mol. The van der Waals surface area contributed by atoms with Gasteiger partial charge in [0.2, 0.25) is 0 Å². The molecule has 4 heterocycles. The molecule has 0 spiro atoms. The molecule has 4 rings (SSSR count). The lowest BCUT2D eigenvalue weighted by Gasteiger charge is -2.32. The van der Waals surface area contributed by atoms with Crippen molar-refractivity contribution >= 4 is 5.65 Å². The molecule has 0 bridgehead atoms. The van der Waals surface area contributed by atoms with Crippen molar-refractivity contribution in [1.82, 2.24) is 29.0 Å². The van der Waals surface area contributed by atoms with Crippen molar-refractivity contribution in [2.75, 3.05) is 19.7 Å². The molecule has 0 amide bonds. The van der Waals surface area contributed by atoms with Gasteiger partial charge in [-0.05, 0) is 19.1 Å². The Morgan fingerprint density at radius 1 is 1.35 bits per heavy atom. The minimum atomic E-state index is 0.143. The Bertz CT molecular complexity index is 781. The van der Waals surface area contributed by atoms with Crippen LogP contribution in [0, 0.1) is 6.92 Å². The largest absolute Gasteiger partial charge is 0.374 e. The van der Waals surface area contributed by atoms with Crippen LogP contribution in [0.2, 0.25) is 0 Å². The predicted octanol–water partition coefficient (Wildman–Crippen LogP) is 1.14. The highest BCUT2D eigenvalue weighted by molar-refractivity contribution is 5.41. The molecule has 0 aliphatic carbocycles. The van der Waals surface area contributed by atoms with E-state index in [-0.39, 0.29) is 6.10 Å². The quantitative estimate of drug-likeness (QED) is 0.723. The first kappa shape index (κ1) is 14.3. The third-order valence-corrected chi connectivity index (χ3v) is 4.21. The summed E-state index contributed by atoms with van der Waals surface area (Å²) in [6.07, 6.45) is 5.56. The van der Waals surface area contributed by atoms with Crippen molar-refractivity contribution < 1.29 is 4.74 Å². The zero-order valence-corrected chi connectivity index (χ0v) is 13.2. The molecule has 1 aliphatic rings. The smallest absolute Gasteiger partial charge is 0.137 e. The molecule has 0 saturated carbocycles. The minimum Gasteiger partial charge on any atom is -0.374 e. The standard InChI is InChI=1S/C16H20N6O/c1-13-3-2-4-16-19-14(8-22(13)16)7-20-5-6-23-15(9-20)10-21-12-17-11-18-21/h2-4,8,11-12,15H,5-7,9-10H2,1H3/t15-/m0/s1. The number of ether oxygens (including phenoxy) is 1. The SMILES string of the molecule is Cc1cccc2nc(CN3CCO[C@H](Cn4cncn4)C3)cn12. The van der Waals surface area contributed by atoms with Gasteiger partial charge in [0.1, 0.15) is 18.3 Å². The predicted molar refractivity (Wildman–Crippen MR) is 85.0 cm³/mol. The van der Waals surface area contributed by atoms with Crippen LogP contribution in [0.1, 0.15) is 11.4 Å². The van der Waals surface area contributed by atoms with Gasteiger partial charge in [-0.15, -0.1) is 0 Å². The Morgan fingerprint density at radius 2 is 2.30 bits per heavy atom. The number of pyridine rings is 1. The Morgan fingerprint density at radius 3 is 3.13 bits per heavy atom. The molecule has 0 N–H and O–H groups in total. The van der Waals surface area contributed by atoms with Gasteiger partial charge >= 0.3 is 0 Å². The number of hydrogen-bond donors (Lipinski definition) is 0. The van der Waals surface area contributed by atoms with E-state index in [0.717, 1.165) is 44.1 Å². The van der Waals surface area contributed by atoms with Crippen LogP contribution in [-0.2, 0) is 17.8 Å². The number of aromatic nitrogens is 5. The summed E-state index contributed by atoms with van der Waals surface area (Å²) in [4.78, 5) is 11.1. The lowest BCUT2D eigenvalue weighted by Crippen LogP contribution is -2.43. The highest BCUT2D eigenvalue weighted by Crippen LogP contribution is 2.13. The lowest BCUT2D eigenvalue weighted by atomic mass is 10.2. The van der Waals surface area contributed by atoms with Crippen LogP contribution < -0.4 is 0 Å². The summed E-state index contributed by atoms with van der Waals surface area (Å²) in [5.41, 5.74) is 3.31. The zero-order chi connectivity index (χ0) is 15.6. The van der Waals surface area contributed by atoms with Crippen molar-refractivity contribution in [2.45, 2.75) is 26.1 Å². The van der Waals surface area contributed by atoms with Gasteiger partial charge in [-0.3, -0.25) is 9.58 Å². The molecule has 0 radical (unpaired) electrons. The van der Waals surface area contributed by atoms with Crippen molar-refractivity contribution in [3.05, 3.63) is 48.4 Å². The number of nitrogens with zero attached hydrogens (tertiary/aromatic N) is 6. The van der Waals surface area contributed by atoms with E-state index in [1.807, 2.05) is 16.8 Å². The molecule has 120 valence electrons. The molecular weight excluding hydrogens is 292 g/mol. The van der Waals surface area contributed by atoms with Crippen molar-refractivity contribution in [3.8, 4) is 0 Å². The van der Waals surface area contributed by atoms with E-state index in [1.165, 1.54) is 5.69 Å². The molecule has 7 nitrogen and oxygen atoms in total. The van der Waals surface area contributed by atoms with Gasteiger partial charge in [0.15, 0.2) is 0 Å². The van der Waals surface area contributed by atoms with E-state index >= 15 is 0 Å². The Kier molecular flexibility index (Phi) is 3.80. The maximum absolute atomic E-state index is 5.84. The van der Waals surface area contributed by atoms with Gasteiger partial charge in [0.05, 0.1) is 24.9 Å². The second-order valence-electron chi connectivity index (χ2n) is 5.97. The van der Waals surface area contributed by atoms with E-state index in [2.05, 4.69) is 38.6 Å². The van der Waals surface area contributed by atoms with Gasteiger partial charge in [-0.25, -0.2) is 9.97 Å². The average Bonchev–Trinajstić information content (AvgIpc) is 3.18. The second kappa shape index (κ2) is 6.10. The minimum absolute atomic E-state index is 0.143. The first-order valence-corrected chi connectivity index (χ1v) is 7.88. The van der Waals surface area contributed by atoms with E-state index in [9.17, 15) is 0 Å². The van der Waals surface area contributed by atoms with E-state index in [0.29, 0.717) is 0 Å². The molecule has 7 heteroatoms. The first-order chi connectivity index (χ1) is 11.3. The van der Waals surface area contributed by atoms with E-state index < -0.39 is 0 Å². The van der Waals surface area contributed by atoms with Gasteiger partial charge in [-0.2, -0.15) is 5.10 Å². The molecule has 1 fully saturated rings. The molecule has 3 aromatic rings. The summed E-state index contributed by atoms with van der Waals surface area (Å²) < 4.78 is 9.80. The van der Waals surface area contributed by atoms with Gasteiger partial charge in [0, 0.05) is 31.5 Å². The summed E-state index contributed by atoms with van der Waals surface area (Å²) in [7, 11) is 0. The fourth-order valence-corrected chi connectivity index (χ4v) is 3.07. The summed E-state index contributed by atoms with van der Waals surface area (Å²) in [5.74, 6) is 0. The lowest BCUT2D eigenvalue weighted by molar-refractivity contribution is -0.0405. The summed E-state index contributed by atoms with van der Waals surface area (Å²) in [5, 5.41) is 4.15.